The molecule has 0 aliphatic carbocycles. The molecule has 33 heavy (non-hydrogen) atoms. The van der Waals surface area contributed by atoms with Crippen LogP contribution in [0.4, 0.5) is 10.1 Å². The van der Waals surface area contributed by atoms with E-state index < -0.39 is 15.8 Å². The quantitative estimate of drug-likeness (QED) is 0.475. The van der Waals surface area contributed by atoms with Crippen molar-refractivity contribution in [2.45, 2.75) is 20.4 Å². The van der Waals surface area contributed by atoms with Gasteiger partial charge < -0.3 is 10.1 Å². The van der Waals surface area contributed by atoms with E-state index in [9.17, 15) is 17.6 Å². The third-order valence-electron chi connectivity index (χ3n) is 5.19. The standard InChI is InChI=1S/C25H27FN2O4S/c1-18-4-13-24(16-19(18)2)32-15-14-27-25(29)21-7-5-20(6-8-21)17-28(33(3,30)31)23-11-9-22(26)10-12-23/h4-13,16H,14-15,17H2,1-3H3,(H,27,29). The number of carbonyl (C=O) groups is 1. The summed E-state index contributed by atoms with van der Waals surface area (Å²) in [6.07, 6.45) is 1.10. The average Bonchev–Trinajstić information content (AvgIpc) is 2.77. The van der Waals surface area contributed by atoms with Gasteiger partial charge in [-0.15, -0.1) is 0 Å². The number of nitrogens with zero attached hydrogens (tertiary/aromatic N) is 1. The van der Waals surface area contributed by atoms with Crippen molar-refractivity contribution in [1.82, 2.24) is 5.32 Å². The van der Waals surface area contributed by atoms with Crippen molar-refractivity contribution < 1.29 is 22.3 Å². The van der Waals surface area contributed by atoms with Gasteiger partial charge in [0.15, 0.2) is 0 Å². The fourth-order valence-electron chi connectivity index (χ4n) is 3.17. The van der Waals surface area contributed by atoms with Gasteiger partial charge in [-0.2, -0.15) is 0 Å². The van der Waals surface area contributed by atoms with Crippen LogP contribution in [0, 0.1) is 19.7 Å². The topological polar surface area (TPSA) is 75.7 Å². The van der Waals surface area contributed by atoms with Crippen LogP contribution in [-0.4, -0.2) is 33.7 Å². The summed E-state index contributed by atoms with van der Waals surface area (Å²) < 4.78 is 44.5. The van der Waals surface area contributed by atoms with E-state index >= 15 is 0 Å². The summed E-state index contributed by atoms with van der Waals surface area (Å²) >= 11 is 0. The van der Waals surface area contributed by atoms with Gasteiger partial charge in [0.05, 0.1) is 25.0 Å². The molecule has 0 fully saturated rings. The van der Waals surface area contributed by atoms with Crippen molar-refractivity contribution in [1.29, 1.82) is 0 Å². The second-order valence-electron chi connectivity index (χ2n) is 7.79. The number of sulfonamides is 1. The number of ether oxygens (including phenoxy) is 1. The molecular weight excluding hydrogens is 443 g/mol. The van der Waals surface area contributed by atoms with Crippen LogP contribution >= 0.6 is 0 Å². The van der Waals surface area contributed by atoms with Crippen molar-refractivity contribution in [3.63, 3.8) is 0 Å². The zero-order chi connectivity index (χ0) is 24.0. The second kappa shape index (κ2) is 10.5. The lowest BCUT2D eigenvalue weighted by molar-refractivity contribution is 0.0947. The Kier molecular flexibility index (Phi) is 7.71. The summed E-state index contributed by atoms with van der Waals surface area (Å²) in [7, 11) is -3.58. The number of carbonyl (C=O) groups excluding carboxylic acids is 1. The number of aryl methyl sites for hydroxylation is 2. The molecule has 0 bridgehead atoms. The summed E-state index contributed by atoms with van der Waals surface area (Å²) in [5, 5.41) is 2.81. The number of benzene rings is 3. The molecule has 0 saturated heterocycles. The molecule has 1 N–H and O–H groups in total. The molecule has 0 aromatic heterocycles. The highest BCUT2D eigenvalue weighted by Crippen LogP contribution is 2.21. The van der Waals surface area contributed by atoms with Crippen LogP contribution in [0.1, 0.15) is 27.0 Å². The van der Waals surface area contributed by atoms with Crippen molar-refractivity contribution in [3.8, 4) is 5.75 Å². The minimum absolute atomic E-state index is 0.0656. The first-order chi connectivity index (χ1) is 15.6. The third kappa shape index (κ3) is 6.79. The highest BCUT2D eigenvalue weighted by atomic mass is 32.2. The van der Waals surface area contributed by atoms with Gasteiger partial charge in [-0.05, 0) is 79.1 Å². The molecule has 3 aromatic rings. The monoisotopic (exact) mass is 470 g/mol. The van der Waals surface area contributed by atoms with Crippen molar-refractivity contribution in [3.05, 3.63) is 94.8 Å². The highest BCUT2D eigenvalue weighted by molar-refractivity contribution is 7.92. The molecule has 0 saturated carbocycles. The summed E-state index contributed by atoms with van der Waals surface area (Å²) in [6.45, 7) is 4.80. The van der Waals surface area contributed by atoms with Crippen molar-refractivity contribution in [2.75, 3.05) is 23.7 Å². The zero-order valence-electron chi connectivity index (χ0n) is 18.8. The molecule has 3 aromatic carbocycles. The smallest absolute Gasteiger partial charge is 0.251 e. The Hall–Kier alpha value is -3.39. The maximum atomic E-state index is 13.2. The van der Waals surface area contributed by atoms with Gasteiger partial charge in [-0.25, -0.2) is 12.8 Å². The van der Waals surface area contributed by atoms with E-state index in [4.69, 9.17) is 4.74 Å². The van der Waals surface area contributed by atoms with Gasteiger partial charge in [0.2, 0.25) is 10.0 Å². The summed E-state index contributed by atoms with van der Waals surface area (Å²) in [5.41, 5.74) is 3.85. The number of nitrogens with one attached hydrogen (secondary N) is 1. The predicted molar refractivity (Wildman–Crippen MR) is 128 cm³/mol. The van der Waals surface area contributed by atoms with E-state index in [2.05, 4.69) is 5.32 Å². The number of anilines is 1. The Morgan fingerprint density at radius 3 is 2.24 bits per heavy atom. The van der Waals surface area contributed by atoms with E-state index in [1.165, 1.54) is 34.1 Å². The van der Waals surface area contributed by atoms with E-state index in [0.717, 1.165) is 17.6 Å². The van der Waals surface area contributed by atoms with Crippen LogP contribution in [0.15, 0.2) is 66.7 Å². The Morgan fingerprint density at radius 2 is 1.64 bits per heavy atom. The summed E-state index contributed by atoms with van der Waals surface area (Å²) in [4.78, 5) is 12.4. The van der Waals surface area contributed by atoms with Gasteiger partial charge >= 0.3 is 0 Å². The van der Waals surface area contributed by atoms with Crippen LogP contribution < -0.4 is 14.4 Å². The molecule has 0 aliphatic heterocycles. The van der Waals surface area contributed by atoms with Gasteiger partial charge in [0.25, 0.3) is 5.91 Å². The summed E-state index contributed by atoms with van der Waals surface area (Å²) in [6, 6.07) is 17.8. The van der Waals surface area contributed by atoms with Crippen LogP contribution in [0.5, 0.6) is 5.75 Å². The first kappa shape index (κ1) is 24.3. The molecule has 1 amide bonds. The predicted octanol–water partition coefficient (Wildman–Crippen LogP) is 4.22. The number of hydrogen-bond donors (Lipinski definition) is 1. The largest absolute Gasteiger partial charge is 0.492 e. The normalized spacial score (nSPS) is 11.2. The zero-order valence-corrected chi connectivity index (χ0v) is 19.7. The minimum Gasteiger partial charge on any atom is -0.492 e. The molecule has 6 nitrogen and oxygen atoms in total. The summed E-state index contributed by atoms with van der Waals surface area (Å²) in [5.74, 6) is 0.0685. The molecule has 0 aliphatic rings. The van der Waals surface area contributed by atoms with Crippen molar-refractivity contribution in [2.24, 2.45) is 0 Å². The first-order valence-electron chi connectivity index (χ1n) is 10.4. The van der Waals surface area contributed by atoms with E-state index in [1.54, 1.807) is 24.3 Å². The lowest BCUT2D eigenvalue weighted by Gasteiger charge is -2.22. The van der Waals surface area contributed by atoms with E-state index in [-0.39, 0.29) is 12.5 Å². The fraction of sp³-hybridized carbons (Fsp3) is 0.240. The van der Waals surface area contributed by atoms with Gasteiger partial charge in [0.1, 0.15) is 18.2 Å². The number of rotatable bonds is 9. The second-order valence-corrected chi connectivity index (χ2v) is 9.70. The first-order valence-corrected chi connectivity index (χ1v) is 12.3. The molecule has 0 heterocycles. The number of amides is 1. The molecule has 0 radical (unpaired) electrons. The molecule has 0 atom stereocenters. The SMILES string of the molecule is Cc1ccc(OCCNC(=O)c2ccc(CN(c3ccc(F)cc3)S(C)(=O)=O)cc2)cc1C. The fourth-order valence-corrected chi connectivity index (χ4v) is 4.06. The van der Waals surface area contributed by atoms with Crippen LogP contribution in [0.2, 0.25) is 0 Å². The maximum Gasteiger partial charge on any atom is 0.251 e. The number of hydrogen-bond acceptors (Lipinski definition) is 4. The Balaban J connectivity index is 1.56. The van der Waals surface area contributed by atoms with Gasteiger partial charge in [0, 0.05) is 5.56 Å². The minimum atomic E-state index is -3.58. The van der Waals surface area contributed by atoms with Gasteiger partial charge in [-0.3, -0.25) is 9.10 Å². The molecule has 0 unspecified atom stereocenters. The molecule has 8 heteroatoms. The molecule has 174 valence electrons. The lowest BCUT2D eigenvalue weighted by Crippen LogP contribution is -2.29. The molecule has 0 spiro atoms. The van der Waals surface area contributed by atoms with E-state index in [0.29, 0.717) is 30.0 Å². The lowest BCUT2D eigenvalue weighted by atomic mass is 10.1. The van der Waals surface area contributed by atoms with Crippen LogP contribution in [-0.2, 0) is 16.6 Å². The Labute approximate surface area is 194 Å². The highest BCUT2D eigenvalue weighted by Gasteiger charge is 2.18. The molecule has 3 rings (SSSR count). The molecular formula is C25H27FN2O4S. The van der Waals surface area contributed by atoms with Crippen LogP contribution in [0.25, 0.3) is 0 Å². The maximum absolute atomic E-state index is 13.2. The Bertz CT molecular complexity index is 1210. The van der Waals surface area contributed by atoms with Crippen molar-refractivity contribution >= 4 is 21.6 Å². The Morgan fingerprint density at radius 1 is 0.970 bits per heavy atom. The van der Waals surface area contributed by atoms with E-state index in [1.807, 2.05) is 32.0 Å². The third-order valence-corrected chi connectivity index (χ3v) is 6.33. The average molecular weight is 471 g/mol. The number of halogens is 1. The van der Waals surface area contributed by atoms with Crippen LogP contribution in [0.3, 0.4) is 0 Å². The van der Waals surface area contributed by atoms with Gasteiger partial charge in [-0.1, -0.05) is 18.2 Å².